The van der Waals surface area contributed by atoms with Crippen LogP contribution in [0.25, 0.3) is 0 Å². The summed E-state index contributed by atoms with van der Waals surface area (Å²) in [7, 11) is 0. The van der Waals surface area contributed by atoms with Crippen molar-refractivity contribution in [3.8, 4) is 5.75 Å². The summed E-state index contributed by atoms with van der Waals surface area (Å²) in [6, 6.07) is 7.79. The molecular formula is C14H23NO2. The molecule has 0 fully saturated rings. The molecule has 1 rings (SSSR count). The fraction of sp³-hybridized carbons (Fsp3) is 0.500. The first-order chi connectivity index (χ1) is 8.22. The van der Waals surface area contributed by atoms with Crippen molar-refractivity contribution in [2.45, 2.75) is 34.1 Å². The van der Waals surface area contributed by atoms with Gasteiger partial charge in [0.05, 0.1) is 13.0 Å². The number of aryl methyl sites for hydroxylation is 1. The Morgan fingerprint density at radius 2 is 1.82 bits per heavy atom. The fourth-order valence-corrected chi connectivity index (χ4v) is 1.18. The summed E-state index contributed by atoms with van der Waals surface area (Å²) in [6.45, 7) is 9.02. The van der Waals surface area contributed by atoms with Gasteiger partial charge in [-0.25, -0.2) is 0 Å². The molecule has 0 unspecified atom stereocenters. The lowest BCUT2D eigenvalue weighted by Crippen LogP contribution is -2.24. The maximum absolute atomic E-state index is 11.1. The molecule has 0 saturated carbocycles. The number of hydrogen-bond acceptors (Lipinski definition) is 2. The molecule has 17 heavy (non-hydrogen) atoms. The van der Waals surface area contributed by atoms with E-state index in [0.29, 0.717) is 19.6 Å². The standard InChI is InChI=1S/C12H17NO2.C2H6/c1-3-13-12(14)8-9-15-11-6-4-10(2)5-7-11;1-2/h4-7H,3,8-9H2,1-2H3,(H,13,14);1-2H3. The van der Waals surface area contributed by atoms with Gasteiger partial charge in [0.1, 0.15) is 5.75 Å². The van der Waals surface area contributed by atoms with Crippen LogP contribution in [0.2, 0.25) is 0 Å². The zero-order chi connectivity index (χ0) is 13.1. The van der Waals surface area contributed by atoms with E-state index in [1.807, 2.05) is 52.0 Å². The summed E-state index contributed by atoms with van der Waals surface area (Å²) in [5.41, 5.74) is 1.20. The highest BCUT2D eigenvalue weighted by Crippen LogP contribution is 2.11. The number of amides is 1. The maximum atomic E-state index is 11.1. The Bertz CT molecular complexity index is 307. The Kier molecular flexibility index (Phi) is 8.84. The molecule has 0 saturated heterocycles. The summed E-state index contributed by atoms with van der Waals surface area (Å²) in [4.78, 5) is 11.1. The Morgan fingerprint density at radius 3 is 2.35 bits per heavy atom. The highest BCUT2D eigenvalue weighted by atomic mass is 16.5. The third-order valence-corrected chi connectivity index (χ3v) is 1.99. The number of hydrogen-bond donors (Lipinski definition) is 1. The number of benzene rings is 1. The molecular weight excluding hydrogens is 214 g/mol. The van der Waals surface area contributed by atoms with E-state index in [1.54, 1.807) is 0 Å². The molecule has 1 N–H and O–H groups in total. The molecule has 3 nitrogen and oxygen atoms in total. The normalized spacial score (nSPS) is 8.94. The molecule has 3 heteroatoms. The van der Waals surface area contributed by atoms with Gasteiger partial charge in [0.25, 0.3) is 0 Å². The van der Waals surface area contributed by atoms with Gasteiger partial charge in [-0.05, 0) is 26.0 Å². The fourth-order valence-electron chi connectivity index (χ4n) is 1.18. The maximum Gasteiger partial charge on any atom is 0.223 e. The second kappa shape index (κ2) is 9.70. The third kappa shape index (κ3) is 7.39. The predicted molar refractivity (Wildman–Crippen MR) is 71.3 cm³/mol. The van der Waals surface area contributed by atoms with Gasteiger partial charge in [-0.2, -0.15) is 0 Å². The van der Waals surface area contributed by atoms with Crippen LogP contribution in [0.3, 0.4) is 0 Å². The van der Waals surface area contributed by atoms with Gasteiger partial charge in [-0.3, -0.25) is 4.79 Å². The van der Waals surface area contributed by atoms with Crippen molar-refractivity contribution in [1.29, 1.82) is 0 Å². The van der Waals surface area contributed by atoms with E-state index >= 15 is 0 Å². The molecule has 96 valence electrons. The van der Waals surface area contributed by atoms with Crippen molar-refractivity contribution < 1.29 is 9.53 Å². The number of nitrogens with one attached hydrogen (secondary N) is 1. The predicted octanol–water partition coefficient (Wildman–Crippen LogP) is 2.93. The molecule has 0 atom stereocenters. The Hall–Kier alpha value is -1.51. The minimum Gasteiger partial charge on any atom is -0.493 e. The highest BCUT2D eigenvalue weighted by molar-refractivity contribution is 5.75. The second-order valence-electron chi connectivity index (χ2n) is 3.37. The largest absolute Gasteiger partial charge is 0.493 e. The summed E-state index contributed by atoms with van der Waals surface area (Å²) < 4.78 is 5.42. The molecule has 0 heterocycles. The van der Waals surface area contributed by atoms with E-state index < -0.39 is 0 Å². The number of carbonyl (C=O) groups excluding carboxylic acids is 1. The van der Waals surface area contributed by atoms with Gasteiger partial charge in [0.15, 0.2) is 0 Å². The summed E-state index contributed by atoms with van der Waals surface area (Å²) in [5, 5.41) is 2.72. The average molecular weight is 237 g/mol. The van der Waals surface area contributed by atoms with Gasteiger partial charge in [0, 0.05) is 6.54 Å². The molecule has 0 aliphatic carbocycles. The van der Waals surface area contributed by atoms with Gasteiger partial charge in [-0.15, -0.1) is 0 Å². The van der Waals surface area contributed by atoms with Crippen LogP contribution < -0.4 is 10.1 Å². The highest BCUT2D eigenvalue weighted by Gasteiger charge is 1.99. The molecule has 0 radical (unpaired) electrons. The topological polar surface area (TPSA) is 38.3 Å². The number of ether oxygens (including phenoxy) is 1. The summed E-state index contributed by atoms with van der Waals surface area (Å²) in [5.74, 6) is 0.842. The number of carbonyl (C=O) groups is 1. The zero-order valence-electron chi connectivity index (χ0n) is 11.2. The molecule has 0 bridgehead atoms. The van der Waals surface area contributed by atoms with Crippen LogP contribution in [0, 0.1) is 6.92 Å². The monoisotopic (exact) mass is 237 g/mol. The van der Waals surface area contributed by atoms with Crippen molar-refractivity contribution in [3.63, 3.8) is 0 Å². The van der Waals surface area contributed by atoms with Crippen molar-refractivity contribution in [2.75, 3.05) is 13.2 Å². The van der Waals surface area contributed by atoms with E-state index in [4.69, 9.17) is 4.74 Å². The molecule has 0 aliphatic heterocycles. The quantitative estimate of drug-likeness (QED) is 0.855. The SMILES string of the molecule is CC.CCNC(=O)CCOc1ccc(C)cc1. The van der Waals surface area contributed by atoms with Crippen molar-refractivity contribution in [1.82, 2.24) is 5.32 Å². The molecule has 1 aromatic rings. The van der Waals surface area contributed by atoms with E-state index in [1.165, 1.54) is 5.56 Å². The van der Waals surface area contributed by atoms with Crippen molar-refractivity contribution >= 4 is 5.91 Å². The van der Waals surface area contributed by atoms with E-state index in [9.17, 15) is 4.79 Å². The smallest absolute Gasteiger partial charge is 0.223 e. The zero-order valence-corrected chi connectivity index (χ0v) is 11.2. The molecule has 0 aromatic heterocycles. The van der Waals surface area contributed by atoms with Crippen LogP contribution in [0.4, 0.5) is 0 Å². The second-order valence-corrected chi connectivity index (χ2v) is 3.37. The molecule has 1 amide bonds. The van der Waals surface area contributed by atoms with Crippen LogP contribution in [-0.2, 0) is 4.79 Å². The van der Waals surface area contributed by atoms with E-state index in [0.717, 1.165) is 5.75 Å². The third-order valence-electron chi connectivity index (χ3n) is 1.99. The summed E-state index contributed by atoms with van der Waals surface area (Å²) in [6.07, 6.45) is 0.404. The summed E-state index contributed by atoms with van der Waals surface area (Å²) >= 11 is 0. The molecule has 1 aromatic carbocycles. The first-order valence-corrected chi connectivity index (χ1v) is 6.18. The average Bonchev–Trinajstić information content (AvgIpc) is 2.35. The van der Waals surface area contributed by atoms with Gasteiger partial charge in [0.2, 0.25) is 5.91 Å². The minimum absolute atomic E-state index is 0.0320. The van der Waals surface area contributed by atoms with Gasteiger partial charge >= 0.3 is 0 Å². The first kappa shape index (κ1) is 15.5. The Morgan fingerprint density at radius 1 is 1.24 bits per heavy atom. The van der Waals surface area contributed by atoms with E-state index in [2.05, 4.69) is 5.32 Å². The number of rotatable bonds is 5. The lowest BCUT2D eigenvalue weighted by atomic mass is 10.2. The Balaban J connectivity index is 0.00000121. The van der Waals surface area contributed by atoms with Gasteiger partial charge < -0.3 is 10.1 Å². The Labute approximate surface area is 104 Å². The lowest BCUT2D eigenvalue weighted by Gasteiger charge is -2.06. The first-order valence-electron chi connectivity index (χ1n) is 6.18. The van der Waals surface area contributed by atoms with Crippen molar-refractivity contribution in [2.24, 2.45) is 0 Å². The van der Waals surface area contributed by atoms with E-state index in [-0.39, 0.29) is 5.91 Å². The van der Waals surface area contributed by atoms with Crippen LogP contribution in [0.5, 0.6) is 5.75 Å². The molecule has 0 spiro atoms. The minimum atomic E-state index is 0.0320. The lowest BCUT2D eigenvalue weighted by molar-refractivity contribution is -0.121. The van der Waals surface area contributed by atoms with Crippen LogP contribution in [0.1, 0.15) is 32.8 Å². The molecule has 0 aliphatic rings. The van der Waals surface area contributed by atoms with Crippen molar-refractivity contribution in [3.05, 3.63) is 29.8 Å². The van der Waals surface area contributed by atoms with Gasteiger partial charge in [-0.1, -0.05) is 31.5 Å². The van der Waals surface area contributed by atoms with Crippen LogP contribution in [0.15, 0.2) is 24.3 Å². The van der Waals surface area contributed by atoms with Crippen LogP contribution >= 0.6 is 0 Å². The van der Waals surface area contributed by atoms with Crippen LogP contribution in [-0.4, -0.2) is 19.1 Å².